The van der Waals surface area contributed by atoms with E-state index in [1.165, 1.54) is 0 Å². The lowest BCUT2D eigenvalue weighted by molar-refractivity contribution is -0.138. The number of carboxylic acids is 1. The molecule has 0 aromatic heterocycles. The van der Waals surface area contributed by atoms with Crippen molar-refractivity contribution in [1.29, 1.82) is 0 Å². The number of aryl methyl sites for hydroxylation is 1. The molecule has 0 aliphatic carbocycles. The van der Waals surface area contributed by atoms with Gasteiger partial charge in [0.15, 0.2) is 0 Å². The number of aliphatic carboxylic acids is 1. The molecule has 0 heterocycles. The molecule has 1 rings (SSSR count). The van der Waals surface area contributed by atoms with Gasteiger partial charge in [-0.15, -0.1) is 0 Å². The van der Waals surface area contributed by atoms with E-state index in [1.54, 1.807) is 0 Å². The Labute approximate surface area is 125 Å². The second-order valence-corrected chi connectivity index (χ2v) is 5.59. The smallest absolute Gasteiger partial charge is 0.305 e. The molecule has 0 aliphatic heterocycles. The van der Waals surface area contributed by atoms with Crippen molar-refractivity contribution in [3.05, 3.63) is 35.9 Å². The molecule has 4 N–H and O–H groups in total. The molecular formula is C16H24N2O3. The summed E-state index contributed by atoms with van der Waals surface area (Å²) in [7, 11) is 0. The van der Waals surface area contributed by atoms with E-state index in [9.17, 15) is 9.59 Å². The Morgan fingerprint density at radius 3 is 2.38 bits per heavy atom. The quantitative estimate of drug-likeness (QED) is 0.678. The van der Waals surface area contributed by atoms with Gasteiger partial charge in [0.2, 0.25) is 5.91 Å². The number of carbonyl (C=O) groups excluding carboxylic acids is 1. The molecule has 1 aromatic carbocycles. The number of rotatable bonds is 8. The summed E-state index contributed by atoms with van der Waals surface area (Å²) in [4.78, 5) is 22.8. The average molecular weight is 292 g/mol. The number of carboxylic acid groups (broad SMARTS) is 1. The molecular weight excluding hydrogens is 268 g/mol. The maximum absolute atomic E-state index is 12.0. The summed E-state index contributed by atoms with van der Waals surface area (Å²) in [6.45, 7) is 3.76. The van der Waals surface area contributed by atoms with Crippen LogP contribution in [-0.4, -0.2) is 29.1 Å². The molecule has 21 heavy (non-hydrogen) atoms. The van der Waals surface area contributed by atoms with Crippen molar-refractivity contribution in [2.45, 2.75) is 45.2 Å². The Balaban J connectivity index is 2.47. The van der Waals surface area contributed by atoms with E-state index < -0.39 is 18.1 Å². The number of carbonyl (C=O) groups is 2. The largest absolute Gasteiger partial charge is 0.481 e. The van der Waals surface area contributed by atoms with Crippen LogP contribution in [0.25, 0.3) is 0 Å². The number of amides is 1. The maximum Gasteiger partial charge on any atom is 0.305 e. The third-order valence-corrected chi connectivity index (χ3v) is 3.45. The second-order valence-electron chi connectivity index (χ2n) is 5.59. The zero-order chi connectivity index (χ0) is 15.8. The number of hydrogen-bond acceptors (Lipinski definition) is 3. The van der Waals surface area contributed by atoms with E-state index in [-0.39, 0.29) is 18.2 Å². The Bertz CT molecular complexity index is 460. The molecule has 5 nitrogen and oxygen atoms in total. The summed E-state index contributed by atoms with van der Waals surface area (Å²) in [6, 6.07) is 8.80. The van der Waals surface area contributed by atoms with E-state index in [0.717, 1.165) is 12.0 Å². The summed E-state index contributed by atoms with van der Waals surface area (Å²) in [5.41, 5.74) is 7.02. The fourth-order valence-corrected chi connectivity index (χ4v) is 2.03. The summed E-state index contributed by atoms with van der Waals surface area (Å²) >= 11 is 0. The molecule has 2 unspecified atom stereocenters. The third-order valence-electron chi connectivity index (χ3n) is 3.45. The Hall–Kier alpha value is -1.88. The third kappa shape index (κ3) is 6.40. The van der Waals surface area contributed by atoms with Crippen molar-refractivity contribution in [2.24, 2.45) is 11.7 Å². The lowest BCUT2D eigenvalue weighted by atomic mass is 9.99. The molecule has 1 amide bonds. The van der Waals surface area contributed by atoms with Gasteiger partial charge in [-0.1, -0.05) is 44.2 Å². The van der Waals surface area contributed by atoms with Crippen LogP contribution in [0.1, 0.15) is 32.3 Å². The van der Waals surface area contributed by atoms with Crippen molar-refractivity contribution in [2.75, 3.05) is 0 Å². The fraction of sp³-hybridized carbons (Fsp3) is 0.500. The van der Waals surface area contributed by atoms with Crippen LogP contribution < -0.4 is 11.1 Å². The molecule has 0 aliphatic rings. The van der Waals surface area contributed by atoms with Crippen LogP contribution in [0.2, 0.25) is 0 Å². The first-order valence-corrected chi connectivity index (χ1v) is 7.21. The van der Waals surface area contributed by atoms with Crippen LogP contribution in [0.3, 0.4) is 0 Å². The van der Waals surface area contributed by atoms with Gasteiger partial charge in [0, 0.05) is 6.04 Å². The zero-order valence-electron chi connectivity index (χ0n) is 12.6. The highest BCUT2D eigenvalue weighted by Crippen LogP contribution is 2.08. The molecule has 0 radical (unpaired) electrons. The second kappa shape index (κ2) is 8.42. The normalized spacial score (nSPS) is 13.7. The minimum atomic E-state index is -0.924. The van der Waals surface area contributed by atoms with Crippen molar-refractivity contribution >= 4 is 11.9 Å². The standard InChI is InChI=1S/C16H24N2O3/c1-11(2)14(10-15(19)20)18-16(21)13(17)9-8-12-6-4-3-5-7-12/h3-7,11,13-14H,8-10,17H2,1-2H3,(H,18,21)(H,19,20). The number of nitrogens with one attached hydrogen (secondary N) is 1. The van der Waals surface area contributed by atoms with Gasteiger partial charge in [0.25, 0.3) is 0 Å². The van der Waals surface area contributed by atoms with Crippen molar-refractivity contribution in [3.63, 3.8) is 0 Å². The molecule has 0 bridgehead atoms. The predicted octanol–water partition coefficient (Wildman–Crippen LogP) is 1.56. The molecule has 1 aromatic rings. The van der Waals surface area contributed by atoms with Crippen LogP contribution >= 0.6 is 0 Å². The number of benzene rings is 1. The number of hydrogen-bond donors (Lipinski definition) is 3. The van der Waals surface area contributed by atoms with E-state index in [4.69, 9.17) is 10.8 Å². The van der Waals surface area contributed by atoms with Crippen LogP contribution in [-0.2, 0) is 16.0 Å². The topological polar surface area (TPSA) is 92.4 Å². The SMILES string of the molecule is CC(C)C(CC(=O)O)NC(=O)C(N)CCc1ccccc1. The molecule has 0 fully saturated rings. The average Bonchev–Trinajstić information content (AvgIpc) is 2.44. The first-order valence-electron chi connectivity index (χ1n) is 7.21. The van der Waals surface area contributed by atoms with Gasteiger partial charge in [-0.3, -0.25) is 9.59 Å². The predicted molar refractivity (Wildman–Crippen MR) is 81.8 cm³/mol. The summed E-state index contributed by atoms with van der Waals surface area (Å²) in [6.07, 6.45) is 1.17. The Kier molecular flexibility index (Phi) is 6.88. The number of nitrogens with two attached hydrogens (primary N) is 1. The lowest BCUT2D eigenvalue weighted by Crippen LogP contribution is -2.48. The molecule has 5 heteroatoms. The van der Waals surface area contributed by atoms with E-state index in [1.807, 2.05) is 44.2 Å². The van der Waals surface area contributed by atoms with Gasteiger partial charge in [-0.05, 0) is 24.3 Å². The zero-order valence-corrected chi connectivity index (χ0v) is 12.6. The van der Waals surface area contributed by atoms with Crippen molar-refractivity contribution in [3.8, 4) is 0 Å². The highest BCUT2D eigenvalue weighted by atomic mass is 16.4. The van der Waals surface area contributed by atoms with Crippen LogP contribution in [0.15, 0.2) is 30.3 Å². The van der Waals surface area contributed by atoms with Gasteiger partial charge in [-0.2, -0.15) is 0 Å². The minimum absolute atomic E-state index is 0.0476. The van der Waals surface area contributed by atoms with Crippen LogP contribution in [0, 0.1) is 5.92 Å². The molecule has 116 valence electrons. The van der Waals surface area contributed by atoms with Gasteiger partial charge in [0.05, 0.1) is 12.5 Å². The minimum Gasteiger partial charge on any atom is -0.481 e. The van der Waals surface area contributed by atoms with Crippen LogP contribution in [0.4, 0.5) is 0 Å². The molecule has 0 saturated carbocycles. The van der Waals surface area contributed by atoms with E-state index >= 15 is 0 Å². The Morgan fingerprint density at radius 1 is 1.24 bits per heavy atom. The van der Waals surface area contributed by atoms with Gasteiger partial charge in [0.1, 0.15) is 0 Å². The molecule has 0 saturated heterocycles. The highest BCUT2D eigenvalue weighted by Gasteiger charge is 2.22. The summed E-state index contributed by atoms with van der Waals surface area (Å²) in [5.74, 6) is -1.16. The van der Waals surface area contributed by atoms with E-state index in [0.29, 0.717) is 6.42 Å². The van der Waals surface area contributed by atoms with Crippen molar-refractivity contribution in [1.82, 2.24) is 5.32 Å². The van der Waals surface area contributed by atoms with Gasteiger partial charge in [-0.25, -0.2) is 0 Å². The first kappa shape index (κ1) is 17.2. The van der Waals surface area contributed by atoms with E-state index in [2.05, 4.69) is 5.32 Å². The lowest BCUT2D eigenvalue weighted by Gasteiger charge is -2.22. The Morgan fingerprint density at radius 2 is 1.86 bits per heavy atom. The van der Waals surface area contributed by atoms with Gasteiger partial charge < -0.3 is 16.2 Å². The molecule has 2 atom stereocenters. The van der Waals surface area contributed by atoms with Crippen molar-refractivity contribution < 1.29 is 14.7 Å². The maximum atomic E-state index is 12.0. The highest BCUT2D eigenvalue weighted by molar-refractivity contribution is 5.82. The summed E-state index contributed by atoms with van der Waals surface area (Å²) < 4.78 is 0. The summed E-state index contributed by atoms with van der Waals surface area (Å²) in [5, 5.41) is 11.6. The van der Waals surface area contributed by atoms with Crippen LogP contribution in [0.5, 0.6) is 0 Å². The molecule has 0 spiro atoms. The van der Waals surface area contributed by atoms with Gasteiger partial charge >= 0.3 is 5.97 Å². The fourth-order valence-electron chi connectivity index (χ4n) is 2.03. The first-order chi connectivity index (χ1) is 9.90. The monoisotopic (exact) mass is 292 g/mol.